The highest BCUT2D eigenvalue weighted by Crippen LogP contribution is 2.53. The molecule has 1 aromatic rings. The van der Waals surface area contributed by atoms with Gasteiger partial charge in [0.15, 0.2) is 0 Å². The number of aliphatic hydroxyl groups excluding tert-OH is 1. The number of aromatic nitrogens is 2. The van der Waals surface area contributed by atoms with Crippen LogP contribution in [-0.4, -0.2) is 30.6 Å². The van der Waals surface area contributed by atoms with E-state index < -0.39 is 16.5 Å². The van der Waals surface area contributed by atoms with Crippen LogP contribution in [0.15, 0.2) is 16.9 Å². The number of hydrogen-bond donors (Lipinski definition) is 2. The number of nitrogens with one attached hydrogen (secondary N) is 1. The van der Waals surface area contributed by atoms with E-state index in [4.69, 9.17) is 0 Å². The molecule has 0 radical (unpaired) electrons. The third-order valence-corrected chi connectivity index (χ3v) is 5.83. The van der Waals surface area contributed by atoms with Gasteiger partial charge in [0.25, 0.3) is 0 Å². The molecule has 1 aromatic heterocycles. The first kappa shape index (κ1) is 17.0. The van der Waals surface area contributed by atoms with E-state index >= 15 is 0 Å². The van der Waals surface area contributed by atoms with Gasteiger partial charge in [-0.05, 0) is 55.0 Å². The molecule has 2 N–H and O–H groups in total. The first-order valence-corrected chi connectivity index (χ1v) is 8.83. The number of rotatable bonds is 4. The molecule has 0 bridgehead atoms. The minimum absolute atomic E-state index is 0.106. The second kappa shape index (κ2) is 5.68. The third kappa shape index (κ3) is 3.52. The second-order valence-corrected chi connectivity index (χ2v) is 9.99. The van der Waals surface area contributed by atoms with Crippen LogP contribution < -0.4 is 4.72 Å². The summed E-state index contributed by atoms with van der Waals surface area (Å²) in [7, 11) is -1.22. The van der Waals surface area contributed by atoms with Crippen LogP contribution in [0, 0.1) is 5.41 Å². The molecule has 5 nitrogen and oxygen atoms in total. The van der Waals surface area contributed by atoms with Crippen molar-refractivity contribution < 1.29 is 9.32 Å². The summed E-state index contributed by atoms with van der Waals surface area (Å²) in [4.78, 5) is 8.74. The molecule has 21 heavy (non-hydrogen) atoms. The van der Waals surface area contributed by atoms with E-state index in [2.05, 4.69) is 30.6 Å². The standard InChI is InChI=1S/C14H22BrN3O2S/c1-12(2,3)21(20)18-14(7-13(4,8-14)9-19)11-16-5-10(15)6-17-11/h5-6,18-19H,7-9H2,1-4H3. The van der Waals surface area contributed by atoms with Gasteiger partial charge in [0.2, 0.25) is 0 Å². The Morgan fingerprint density at radius 1 is 1.38 bits per heavy atom. The summed E-state index contributed by atoms with van der Waals surface area (Å²) in [6.45, 7) is 7.91. The van der Waals surface area contributed by atoms with Gasteiger partial charge in [0, 0.05) is 19.0 Å². The van der Waals surface area contributed by atoms with Gasteiger partial charge in [0.1, 0.15) is 5.82 Å². The molecule has 1 aliphatic carbocycles. The molecule has 1 saturated carbocycles. The Hall–Kier alpha value is -0.370. The molecule has 2 rings (SSSR count). The Bertz CT molecular complexity index is 536. The van der Waals surface area contributed by atoms with E-state index in [1.54, 1.807) is 12.4 Å². The summed E-state index contributed by atoms with van der Waals surface area (Å²) in [5, 5.41) is 9.51. The molecule has 0 saturated heterocycles. The predicted molar refractivity (Wildman–Crippen MR) is 86.9 cm³/mol. The van der Waals surface area contributed by atoms with Gasteiger partial charge < -0.3 is 5.11 Å². The summed E-state index contributed by atoms with van der Waals surface area (Å²) >= 11 is 3.33. The Morgan fingerprint density at radius 3 is 2.33 bits per heavy atom. The Labute approximate surface area is 136 Å². The van der Waals surface area contributed by atoms with Crippen molar-refractivity contribution in [1.29, 1.82) is 0 Å². The van der Waals surface area contributed by atoms with Crippen molar-refractivity contribution in [2.75, 3.05) is 6.61 Å². The van der Waals surface area contributed by atoms with Crippen molar-refractivity contribution in [2.24, 2.45) is 5.41 Å². The highest BCUT2D eigenvalue weighted by molar-refractivity contribution is 9.10. The quantitative estimate of drug-likeness (QED) is 0.846. The molecule has 7 heteroatoms. The molecule has 1 aliphatic rings. The van der Waals surface area contributed by atoms with Crippen molar-refractivity contribution >= 4 is 26.9 Å². The first-order valence-electron chi connectivity index (χ1n) is 6.89. The summed E-state index contributed by atoms with van der Waals surface area (Å²) in [6.07, 6.45) is 4.72. The van der Waals surface area contributed by atoms with Gasteiger partial charge in [-0.2, -0.15) is 0 Å². The van der Waals surface area contributed by atoms with Crippen LogP contribution in [0.1, 0.15) is 46.4 Å². The molecule has 1 heterocycles. The van der Waals surface area contributed by atoms with E-state index in [1.807, 2.05) is 27.7 Å². The van der Waals surface area contributed by atoms with Gasteiger partial charge in [-0.3, -0.25) is 0 Å². The number of nitrogens with zero attached hydrogens (tertiary/aromatic N) is 2. The van der Waals surface area contributed by atoms with Crippen LogP contribution in [-0.2, 0) is 16.5 Å². The van der Waals surface area contributed by atoms with Crippen LogP contribution in [0.5, 0.6) is 0 Å². The van der Waals surface area contributed by atoms with Crippen molar-refractivity contribution in [1.82, 2.24) is 14.7 Å². The molecule has 0 spiro atoms. The van der Waals surface area contributed by atoms with Gasteiger partial charge in [-0.25, -0.2) is 18.9 Å². The van der Waals surface area contributed by atoms with E-state index in [0.29, 0.717) is 18.7 Å². The normalized spacial score (nSPS) is 30.8. The average Bonchev–Trinajstić information content (AvgIpc) is 2.36. The lowest BCUT2D eigenvalue weighted by Gasteiger charge is -2.53. The number of hydrogen-bond acceptors (Lipinski definition) is 4. The zero-order chi connectivity index (χ0) is 15.9. The molecular weight excluding hydrogens is 354 g/mol. The zero-order valence-corrected chi connectivity index (χ0v) is 15.2. The fraction of sp³-hybridized carbons (Fsp3) is 0.714. The van der Waals surface area contributed by atoms with Crippen LogP contribution in [0.4, 0.5) is 0 Å². The monoisotopic (exact) mass is 375 g/mol. The van der Waals surface area contributed by atoms with E-state index in [0.717, 1.165) is 4.47 Å². The van der Waals surface area contributed by atoms with Crippen molar-refractivity contribution in [3.63, 3.8) is 0 Å². The fourth-order valence-corrected chi connectivity index (χ4v) is 3.78. The summed E-state index contributed by atoms with van der Waals surface area (Å²) in [6, 6.07) is 0. The molecule has 0 amide bonds. The Balaban J connectivity index is 2.29. The molecule has 1 fully saturated rings. The number of halogens is 1. The molecule has 0 aliphatic heterocycles. The van der Waals surface area contributed by atoms with Gasteiger partial charge in [-0.15, -0.1) is 0 Å². The van der Waals surface area contributed by atoms with Crippen LogP contribution in [0.25, 0.3) is 0 Å². The van der Waals surface area contributed by atoms with Gasteiger partial charge in [-0.1, -0.05) is 6.92 Å². The van der Waals surface area contributed by atoms with E-state index in [1.165, 1.54) is 0 Å². The van der Waals surface area contributed by atoms with Crippen molar-refractivity contribution in [2.45, 2.75) is 50.8 Å². The predicted octanol–water partition coefficient (Wildman–Crippen LogP) is 2.28. The number of aliphatic hydroxyl groups is 1. The highest BCUT2D eigenvalue weighted by atomic mass is 79.9. The molecule has 118 valence electrons. The average molecular weight is 376 g/mol. The largest absolute Gasteiger partial charge is 0.396 e. The summed E-state index contributed by atoms with van der Waals surface area (Å²) in [5.74, 6) is 0.634. The third-order valence-electron chi connectivity index (χ3n) is 3.73. The first-order chi connectivity index (χ1) is 9.60. The maximum absolute atomic E-state index is 12.5. The van der Waals surface area contributed by atoms with Crippen LogP contribution >= 0.6 is 15.9 Å². The Morgan fingerprint density at radius 2 is 1.90 bits per heavy atom. The van der Waals surface area contributed by atoms with E-state index in [-0.39, 0.29) is 16.8 Å². The Kier molecular flexibility index (Phi) is 4.60. The van der Waals surface area contributed by atoms with E-state index in [9.17, 15) is 9.32 Å². The molecule has 0 aromatic carbocycles. The van der Waals surface area contributed by atoms with Crippen molar-refractivity contribution in [3.05, 3.63) is 22.7 Å². The SMILES string of the molecule is CC1(CO)CC(NS(=O)C(C)(C)C)(c2ncc(Br)cn2)C1. The lowest BCUT2D eigenvalue weighted by atomic mass is 9.58. The highest BCUT2D eigenvalue weighted by Gasteiger charge is 2.55. The minimum Gasteiger partial charge on any atom is -0.396 e. The van der Waals surface area contributed by atoms with Gasteiger partial charge >= 0.3 is 0 Å². The summed E-state index contributed by atoms with van der Waals surface area (Å²) in [5.41, 5.74) is -0.707. The maximum Gasteiger partial charge on any atom is 0.149 e. The topological polar surface area (TPSA) is 75.1 Å². The van der Waals surface area contributed by atoms with Crippen LogP contribution in [0.3, 0.4) is 0 Å². The molecular formula is C14H22BrN3O2S. The fourth-order valence-electron chi connectivity index (χ4n) is 2.68. The summed E-state index contributed by atoms with van der Waals surface area (Å²) < 4.78 is 16.1. The maximum atomic E-state index is 12.5. The van der Waals surface area contributed by atoms with Crippen LogP contribution in [0.2, 0.25) is 0 Å². The lowest BCUT2D eigenvalue weighted by Crippen LogP contribution is -2.61. The zero-order valence-electron chi connectivity index (χ0n) is 12.8. The smallest absolute Gasteiger partial charge is 0.149 e. The molecule has 1 atom stereocenters. The second-order valence-electron chi connectivity index (χ2n) is 7.11. The van der Waals surface area contributed by atoms with Crippen molar-refractivity contribution in [3.8, 4) is 0 Å². The minimum atomic E-state index is -1.22. The molecule has 1 unspecified atom stereocenters. The van der Waals surface area contributed by atoms with Gasteiger partial charge in [0.05, 0.1) is 25.7 Å². The lowest BCUT2D eigenvalue weighted by molar-refractivity contribution is -0.0234.